The van der Waals surface area contributed by atoms with Crippen LogP contribution in [0, 0.1) is 0 Å². The third-order valence-electron chi connectivity index (χ3n) is 3.19. The highest BCUT2D eigenvalue weighted by atomic mass is 16.4. The van der Waals surface area contributed by atoms with Crippen LogP contribution in [0.3, 0.4) is 0 Å². The second-order valence-electron chi connectivity index (χ2n) is 5.07. The average Bonchev–Trinajstić information content (AvgIpc) is 2.78. The van der Waals surface area contributed by atoms with Crippen LogP contribution in [0.2, 0.25) is 0 Å². The van der Waals surface area contributed by atoms with Crippen LogP contribution in [0.5, 0.6) is 0 Å². The summed E-state index contributed by atoms with van der Waals surface area (Å²) in [5.41, 5.74) is 2.23. The lowest BCUT2D eigenvalue weighted by molar-refractivity contribution is -0.130. The Balaban J connectivity index is 2.03. The Bertz CT molecular complexity index is 511. The molecule has 0 aromatic heterocycles. The number of hydrogen-bond donors (Lipinski definition) is 2. The number of amides is 1. The molecule has 5 heteroatoms. The smallest absolute Gasteiger partial charge is 0.335 e. The van der Waals surface area contributed by atoms with Gasteiger partial charge in [0, 0.05) is 19.1 Å². The molecule has 0 aliphatic carbocycles. The number of aromatic carboxylic acids is 1. The second-order valence-corrected chi connectivity index (χ2v) is 5.07. The summed E-state index contributed by atoms with van der Waals surface area (Å²) in [6.45, 7) is 5.36. The van der Waals surface area contributed by atoms with Gasteiger partial charge in [-0.2, -0.15) is 0 Å². The molecule has 19 heavy (non-hydrogen) atoms. The fourth-order valence-electron chi connectivity index (χ4n) is 2.11. The topological polar surface area (TPSA) is 69.6 Å². The number of rotatable bonds is 4. The average molecular weight is 262 g/mol. The van der Waals surface area contributed by atoms with Gasteiger partial charge >= 0.3 is 5.97 Å². The normalized spacial score (nSPS) is 13.7. The predicted molar refractivity (Wildman–Crippen MR) is 70.8 cm³/mol. The molecule has 1 amide bonds. The Labute approximate surface area is 112 Å². The van der Waals surface area contributed by atoms with Crippen LogP contribution in [0.25, 0.3) is 0 Å². The highest BCUT2D eigenvalue weighted by molar-refractivity contribution is 5.88. The molecular formula is C14H18N2O3. The van der Waals surface area contributed by atoms with E-state index >= 15 is 0 Å². The van der Waals surface area contributed by atoms with Crippen LogP contribution in [0.1, 0.15) is 35.3 Å². The quantitative estimate of drug-likeness (QED) is 0.856. The molecule has 102 valence electrons. The van der Waals surface area contributed by atoms with Gasteiger partial charge in [0.1, 0.15) is 0 Å². The fraction of sp³-hybridized carbons (Fsp3) is 0.429. The first kappa shape index (κ1) is 13.5. The standard InChI is InChI=1S/C14H18N2O3/c1-9(2)15-6-13(17)16-7-11-4-3-10(14(18)19)5-12(11)8-16/h3-5,9,15H,6-8H2,1-2H3,(H,18,19). The monoisotopic (exact) mass is 262 g/mol. The van der Waals surface area contributed by atoms with E-state index in [1.807, 2.05) is 13.8 Å². The lowest BCUT2D eigenvalue weighted by atomic mass is 10.1. The first-order valence-corrected chi connectivity index (χ1v) is 6.33. The van der Waals surface area contributed by atoms with Crippen molar-refractivity contribution in [3.63, 3.8) is 0 Å². The van der Waals surface area contributed by atoms with Gasteiger partial charge in [-0.15, -0.1) is 0 Å². The Hall–Kier alpha value is -1.88. The van der Waals surface area contributed by atoms with E-state index in [4.69, 9.17) is 5.11 Å². The molecule has 2 N–H and O–H groups in total. The third-order valence-corrected chi connectivity index (χ3v) is 3.19. The van der Waals surface area contributed by atoms with Crippen molar-refractivity contribution >= 4 is 11.9 Å². The molecule has 1 aliphatic rings. The van der Waals surface area contributed by atoms with Crippen molar-refractivity contribution in [2.45, 2.75) is 33.0 Å². The molecule has 1 heterocycles. The minimum Gasteiger partial charge on any atom is -0.478 e. The molecule has 0 saturated carbocycles. The maximum absolute atomic E-state index is 12.0. The summed E-state index contributed by atoms with van der Waals surface area (Å²) in [7, 11) is 0. The number of nitrogens with one attached hydrogen (secondary N) is 1. The van der Waals surface area contributed by atoms with Gasteiger partial charge in [-0.25, -0.2) is 4.79 Å². The second kappa shape index (κ2) is 5.40. The van der Waals surface area contributed by atoms with Gasteiger partial charge in [-0.3, -0.25) is 4.79 Å². The van der Waals surface area contributed by atoms with E-state index in [0.717, 1.165) is 11.1 Å². The van der Waals surface area contributed by atoms with Crippen molar-refractivity contribution in [3.8, 4) is 0 Å². The molecule has 1 aromatic carbocycles. The first-order valence-electron chi connectivity index (χ1n) is 6.33. The number of benzene rings is 1. The molecule has 0 fully saturated rings. The third kappa shape index (κ3) is 3.12. The summed E-state index contributed by atoms with van der Waals surface area (Å²) < 4.78 is 0. The number of nitrogens with zero attached hydrogens (tertiary/aromatic N) is 1. The van der Waals surface area contributed by atoms with Gasteiger partial charge in [-0.05, 0) is 23.3 Å². The van der Waals surface area contributed by atoms with Crippen molar-refractivity contribution in [3.05, 3.63) is 34.9 Å². The summed E-state index contributed by atoms with van der Waals surface area (Å²) in [6, 6.07) is 5.30. The van der Waals surface area contributed by atoms with Crippen LogP contribution in [-0.4, -0.2) is 34.5 Å². The number of carbonyl (C=O) groups is 2. The van der Waals surface area contributed by atoms with E-state index in [9.17, 15) is 9.59 Å². The number of carbonyl (C=O) groups excluding carboxylic acids is 1. The van der Waals surface area contributed by atoms with Crippen LogP contribution in [-0.2, 0) is 17.9 Å². The van der Waals surface area contributed by atoms with E-state index in [2.05, 4.69) is 5.32 Å². The maximum atomic E-state index is 12.0. The Morgan fingerprint density at radius 2 is 2.00 bits per heavy atom. The molecule has 0 bridgehead atoms. The molecule has 0 radical (unpaired) electrons. The fourth-order valence-corrected chi connectivity index (χ4v) is 2.11. The molecule has 0 saturated heterocycles. The van der Waals surface area contributed by atoms with E-state index in [1.165, 1.54) is 0 Å². The zero-order valence-electron chi connectivity index (χ0n) is 11.1. The molecule has 0 spiro atoms. The summed E-state index contributed by atoms with van der Waals surface area (Å²) >= 11 is 0. The van der Waals surface area contributed by atoms with Crippen LogP contribution >= 0.6 is 0 Å². The highest BCUT2D eigenvalue weighted by Gasteiger charge is 2.23. The lowest BCUT2D eigenvalue weighted by Gasteiger charge is -2.16. The van der Waals surface area contributed by atoms with E-state index < -0.39 is 5.97 Å². The van der Waals surface area contributed by atoms with E-state index in [0.29, 0.717) is 19.6 Å². The molecule has 1 aromatic rings. The Morgan fingerprint density at radius 3 is 2.63 bits per heavy atom. The molecule has 1 aliphatic heterocycles. The summed E-state index contributed by atoms with van der Waals surface area (Å²) in [4.78, 5) is 24.6. The van der Waals surface area contributed by atoms with Crippen molar-refractivity contribution in [2.75, 3.05) is 6.54 Å². The first-order chi connectivity index (χ1) is 8.97. The van der Waals surface area contributed by atoms with Gasteiger partial charge in [0.25, 0.3) is 0 Å². The minimum atomic E-state index is -0.936. The Morgan fingerprint density at radius 1 is 1.32 bits per heavy atom. The van der Waals surface area contributed by atoms with Gasteiger partial charge < -0.3 is 15.3 Å². The molecule has 2 rings (SSSR count). The van der Waals surface area contributed by atoms with E-state index in [-0.39, 0.29) is 17.5 Å². The Kier molecular flexibility index (Phi) is 3.85. The number of fused-ring (bicyclic) bond motifs is 1. The van der Waals surface area contributed by atoms with Gasteiger partial charge in [-0.1, -0.05) is 19.9 Å². The van der Waals surface area contributed by atoms with Crippen LogP contribution in [0.4, 0.5) is 0 Å². The SMILES string of the molecule is CC(C)NCC(=O)N1Cc2ccc(C(=O)O)cc2C1. The zero-order chi connectivity index (χ0) is 14.0. The molecule has 0 atom stereocenters. The molecular weight excluding hydrogens is 244 g/mol. The maximum Gasteiger partial charge on any atom is 0.335 e. The lowest BCUT2D eigenvalue weighted by Crippen LogP contribution is -2.37. The van der Waals surface area contributed by atoms with Crippen molar-refractivity contribution in [2.24, 2.45) is 0 Å². The highest BCUT2D eigenvalue weighted by Crippen LogP contribution is 2.23. The molecule has 5 nitrogen and oxygen atoms in total. The zero-order valence-corrected chi connectivity index (χ0v) is 11.1. The number of hydrogen-bond acceptors (Lipinski definition) is 3. The minimum absolute atomic E-state index is 0.0433. The van der Waals surface area contributed by atoms with Crippen LogP contribution in [0.15, 0.2) is 18.2 Å². The van der Waals surface area contributed by atoms with E-state index in [1.54, 1.807) is 23.1 Å². The van der Waals surface area contributed by atoms with Crippen molar-refractivity contribution in [1.82, 2.24) is 10.2 Å². The van der Waals surface area contributed by atoms with Crippen molar-refractivity contribution in [1.29, 1.82) is 0 Å². The summed E-state index contributed by atoms with van der Waals surface area (Å²) in [5, 5.41) is 12.0. The largest absolute Gasteiger partial charge is 0.478 e. The summed E-state index contributed by atoms with van der Waals surface area (Å²) in [6.07, 6.45) is 0. The number of carboxylic acid groups (broad SMARTS) is 1. The van der Waals surface area contributed by atoms with Crippen LogP contribution < -0.4 is 5.32 Å². The predicted octanol–water partition coefficient (Wildman–Crippen LogP) is 1.22. The molecule has 0 unspecified atom stereocenters. The number of carboxylic acids is 1. The van der Waals surface area contributed by atoms with Gasteiger partial charge in [0.05, 0.1) is 12.1 Å². The van der Waals surface area contributed by atoms with Gasteiger partial charge in [0.2, 0.25) is 5.91 Å². The summed E-state index contributed by atoms with van der Waals surface area (Å²) in [5.74, 6) is -0.893. The van der Waals surface area contributed by atoms with Gasteiger partial charge in [0.15, 0.2) is 0 Å². The van der Waals surface area contributed by atoms with Crippen molar-refractivity contribution < 1.29 is 14.7 Å².